The minimum atomic E-state index is -0.598. The van der Waals surface area contributed by atoms with Crippen LogP contribution in [0.15, 0.2) is 49.7 Å². The first-order valence-electron chi connectivity index (χ1n) is 8.64. The number of nitrogens with one attached hydrogen (secondary N) is 2. The van der Waals surface area contributed by atoms with Crippen molar-refractivity contribution in [3.63, 3.8) is 0 Å². The van der Waals surface area contributed by atoms with Gasteiger partial charge in [-0.15, -0.1) is 6.58 Å². The predicted octanol–water partition coefficient (Wildman–Crippen LogP) is 4.55. The minimum absolute atomic E-state index is 0.0176. The van der Waals surface area contributed by atoms with E-state index in [1.54, 1.807) is 30.4 Å². The number of rotatable bonds is 9. The third-order valence-corrected chi connectivity index (χ3v) is 3.72. The number of amides is 2. The van der Waals surface area contributed by atoms with E-state index in [4.69, 9.17) is 26.3 Å². The summed E-state index contributed by atoms with van der Waals surface area (Å²) >= 11 is 6.02. The smallest absolute Gasteiger partial charge is 0.325 e. The fraction of sp³-hybridized carbons (Fsp3) is 0.200. The lowest BCUT2D eigenvalue weighted by Crippen LogP contribution is -2.21. The first kappa shape index (κ1) is 21.7. The quantitative estimate of drug-likeness (QED) is 0.461. The topological polar surface area (TPSA) is 109 Å². The van der Waals surface area contributed by atoms with E-state index in [0.717, 1.165) is 0 Å². The lowest BCUT2D eigenvalue weighted by molar-refractivity contribution is 0.260. The maximum atomic E-state index is 12.4. The van der Waals surface area contributed by atoms with Crippen LogP contribution >= 0.6 is 11.6 Å². The van der Waals surface area contributed by atoms with E-state index in [2.05, 4.69) is 33.8 Å². The van der Waals surface area contributed by atoms with Gasteiger partial charge >= 0.3 is 6.03 Å². The van der Waals surface area contributed by atoms with Gasteiger partial charge in [-0.1, -0.05) is 30.3 Å². The summed E-state index contributed by atoms with van der Waals surface area (Å²) in [7, 11) is 0. The Balaban J connectivity index is 2.14. The number of carbonyl (C=O) groups excluding carboxylic acids is 1. The van der Waals surface area contributed by atoms with E-state index in [0.29, 0.717) is 22.9 Å². The highest BCUT2D eigenvalue weighted by molar-refractivity contribution is 6.31. The Morgan fingerprint density at radius 3 is 2.90 bits per heavy atom. The molecule has 9 heteroatoms. The second-order valence-electron chi connectivity index (χ2n) is 5.72. The Morgan fingerprint density at radius 1 is 1.41 bits per heavy atom. The molecule has 1 aromatic heterocycles. The van der Waals surface area contributed by atoms with Crippen LogP contribution < -0.4 is 20.1 Å². The third kappa shape index (κ3) is 6.52. The van der Waals surface area contributed by atoms with Crippen molar-refractivity contribution in [2.24, 2.45) is 0 Å². The summed E-state index contributed by atoms with van der Waals surface area (Å²) in [6.07, 6.45) is 4.87. The van der Waals surface area contributed by atoms with Gasteiger partial charge in [0.15, 0.2) is 5.82 Å². The van der Waals surface area contributed by atoms with E-state index >= 15 is 0 Å². The zero-order chi connectivity index (χ0) is 21.2. The molecule has 2 amide bonds. The van der Waals surface area contributed by atoms with Gasteiger partial charge in [-0.2, -0.15) is 10.2 Å². The van der Waals surface area contributed by atoms with Crippen molar-refractivity contribution < 1.29 is 14.3 Å². The zero-order valence-electron chi connectivity index (χ0n) is 15.8. The number of ether oxygens (including phenoxy) is 2. The molecule has 0 aliphatic rings. The highest BCUT2D eigenvalue weighted by atomic mass is 35.5. The van der Waals surface area contributed by atoms with Crippen LogP contribution in [0, 0.1) is 11.3 Å². The molecule has 8 nitrogen and oxygen atoms in total. The van der Waals surface area contributed by atoms with Crippen LogP contribution in [0.2, 0.25) is 5.02 Å². The molecule has 0 aliphatic carbocycles. The van der Waals surface area contributed by atoms with Crippen molar-refractivity contribution in [1.82, 2.24) is 9.97 Å². The largest absolute Gasteiger partial charge is 0.484 e. The van der Waals surface area contributed by atoms with E-state index in [-0.39, 0.29) is 30.1 Å². The molecule has 2 rings (SSSR count). The summed E-state index contributed by atoms with van der Waals surface area (Å²) < 4.78 is 11.1. The van der Waals surface area contributed by atoms with Crippen LogP contribution in [-0.2, 0) is 0 Å². The molecule has 1 heterocycles. The molecular formula is C20H20ClN5O3. The number of hydrogen-bond donors (Lipinski definition) is 2. The van der Waals surface area contributed by atoms with Gasteiger partial charge in [-0.05, 0) is 31.5 Å². The molecule has 0 fully saturated rings. The Kier molecular flexibility index (Phi) is 8.00. The normalized spacial score (nSPS) is 10.9. The molecule has 0 aliphatic heterocycles. The molecule has 0 saturated carbocycles. The molecule has 1 aromatic carbocycles. The highest BCUT2D eigenvalue weighted by Crippen LogP contribution is 2.29. The molecule has 2 N–H and O–H groups in total. The fourth-order valence-electron chi connectivity index (χ4n) is 2.07. The second-order valence-corrected chi connectivity index (χ2v) is 6.16. The Morgan fingerprint density at radius 2 is 2.21 bits per heavy atom. The third-order valence-electron chi connectivity index (χ3n) is 3.48. The zero-order valence-corrected chi connectivity index (χ0v) is 16.6. The number of aromatic nitrogens is 2. The first-order valence-corrected chi connectivity index (χ1v) is 9.02. The van der Waals surface area contributed by atoms with Gasteiger partial charge in [0.25, 0.3) is 5.88 Å². The maximum Gasteiger partial charge on any atom is 0.325 e. The van der Waals surface area contributed by atoms with Crippen molar-refractivity contribution in [2.75, 3.05) is 17.2 Å². The SMILES string of the molecule is C=CCCOc1nc(NC(=O)Nc2cc(Cl)ccc2OC(C)C=C)cnc1C#N. The molecule has 0 saturated heterocycles. The molecule has 150 valence electrons. The van der Waals surface area contributed by atoms with Gasteiger partial charge in [-0.3, -0.25) is 5.32 Å². The van der Waals surface area contributed by atoms with E-state index in [1.165, 1.54) is 6.20 Å². The lowest BCUT2D eigenvalue weighted by atomic mass is 10.3. The van der Waals surface area contributed by atoms with Crippen LogP contribution in [0.4, 0.5) is 16.3 Å². The summed E-state index contributed by atoms with van der Waals surface area (Å²) in [5.41, 5.74) is 0.386. The summed E-state index contributed by atoms with van der Waals surface area (Å²) in [6.45, 7) is 9.36. The number of nitriles is 1. The monoisotopic (exact) mass is 413 g/mol. The van der Waals surface area contributed by atoms with Crippen molar-refractivity contribution >= 4 is 29.1 Å². The van der Waals surface area contributed by atoms with Crippen LogP contribution in [0.5, 0.6) is 11.6 Å². The predicted molar refractivity (Wildman–Crippen MR) is 111 cm³/mol. The summed E-state index contributed by atoms with van der Waals surface area (Å²) in [5, 5.41) is 14.7. The van der Waals surface area contributed by atoms with E-state index in [1.807, 2.05) is 13.0 Å². The van der Waals surface area contributed by atoms with Crippen LogP contribution in [0.25, 0.3) is 0 Å². The highest BCUT2D eigenvalue weighted by Gasteiger charge is 2.14. The van der Waals surface area contributed by atoms with Crippen LogP contribution in [-0.4, -0.2) is 28.7 Å². The number of nitrogens with zero attached hydrogens (tertiary/aromatic N) is 3. The molecule has 0 radical (unpaired) electrons. The Hall–Kier alpha value is -3.57. The van der Waals surface area contributed by atoms with Crippen molar-refractivity contribution in [2.45, 2.75) is 19.4 Å². The number of halogens is 1. The van der Waals surface area contributed by atoms with E-state index < -0.39 is 6.03 Å². The summed E-state index contributed by atoms with van der Waals surface area (Å²) in [4.78, 5) is 20.5. The van der Waals surface area contributed by atoms with Crippen LogP contribution in [0.1, 0.15) is 19.0 Å². The molecule has 2 aromatic rings. The Labute approximate surface area is 173 Å². The molecule has 29 heavy (non-hydrogen) atoms. The van der Waals surface area contributed by atoms with Gasteiger partial charge in [0.05, 0.1) is 18.5 Å². The van der Waals surface area contributed by atoms with Crippen LogP contribution in [0.3, 0.4) is 0 Å². The van der Waals surface area contributed by atoms with E-state index in [9.17, 15) is 4.79 Å². The van der Waals surface area contributed by atoms with Gasteiger partial charge in [-0.25, -0.2) is 9.78 Å². The number of benzene rings is 1. The summed E-state index contributed by atoms with van der Waals surface area (Å²) in [5.74, 6) is 0.564. The average molecular weight is 414 g/mol. The van der Waals surface area contributed by atoms with Crippen molar-refractivity contribution in [3.8, 4) is 17.7 Å². The number of carbonyl (C=O) groups is 1. The second kappa shape index (κ2) is 10.7. The van der Waals surface area contributed by atoms with Gasteiger partial charge in [0, 0.05) is 5.02 Å². The molecule has 1 atom stereocenters. The lowest BCUT2D eigenvalue weighted by Gasteiger charge is -2.16. The Bertz CT molecular complexity index is 942. The minimum Gasteiger partial charge on any atom is -0.484 e. The standard InChI is InChI=1S/C20H20ClN5O3/c1-4-6-9-28-19-16(11-22)23-12-18(25-19)26-20(27)24-15-10-14(21)7-8-17(15)29-13(3)5-2/h4-5,7-8,10,12-13H,1-2,6,9H2,3H3,(H2,24,25,26,27). The molecule has 1 unspecified atom stereocenters. The number of anilines is 2. The van der Waals surface area contributed by atoms with Gasteiger partial charge in [0.1, 0.15) is 17.9 Å². The first-order chi connectivity index (χ1) is 14.0. The van der Waals surface area contributed by atoms with Crippen molar-refractivity contribution in [1.29, 1.82) is 5.26 Å². The summed E-state index contributed by atoms with van der Waals surface area (Å²) in [6, 6.07) is 6.14. The fourth-order valence-corrected chi connectivity index (χ4v) is 2.24. The van der Waals surface area contributed by atoms with Gasteiger partial charge in [0.2, 0.25) is 5.69 Å². The number of urea groups is 1. The molecule has 0 spiro atoms. The average Bonchev–Trinajstić information content (AvgIpc) is 2.70. The maximum absolute atomic E-state index is 12.4. The van der Waals surface area contributed by atoms with Gasteiger partial charge < -0.3 is 14.8 Å². The molecule has 0 bridgehead atoms. The van der Waals surface area contributed by atoms with Crippen molar-refractivity contribution in [3.05, 3.63) is 60.4 Å². The number of hydrogen-bond acceptors (Lipinski definition) is 6. The molecular weight excluding hydrogens is 394 g/mol.